The van der Waals surface area contributed by atoms with Crippen LogP contribution in [0.3, 0.4) is 0 Å². The van der Waals surface area contributed by atoms with Gasteiger partial charge in [-0.1, -0.05) is 11.6 Å². The minimum atomic E-state index is -0.211. The van der Waals surface area contributed by atoms with Crippen LogP contribution in [0.25, 0.3) is 0 Å². The Morgan fingerprint density at radius 2 is 1.90 bits per heavy atom. The molecule has 1 atom stereocenters. The van der Waals surface area contributed by atoms with Crippen molar-refractivity contribution in [1.82, 2.24) is 10.2 Å². The number of hydrogen-bond acceptors (Lipinski definition) is 2. The van der Waals surface area contributed by atoms with Gasteiger partial charge in [0, 0.05) is 29.1 Å². The lowest BCUT2D eigenvalue weighted by molar-refractivity contribution is -0.131. The SMILES string of the molecule is CC(C)(C)N1CC(NC(=O)c2ccc(Cl)cc2)CC1=O. The van der Waals surface area contributed by atoms with E-state index in [4.69, 9.17) is 11.6 Å². The first-order chi connectivity index (χ1) is 9.27. The summed E-state index contributed by atoms with van der Waals surface area (Å²) in [5, 5.41) is 3.50. The van der Waals surface area contributed by atoms with E-state index in [2.05, 4.69) is 5.32 Å². The summed E-state index contributed by atoms with van der Waals surface area (Å²) in [6.45, 7) is 6.54. The zero-order valence-electron chi connectivity index (χ0n) is 11.9. The van der Waals surface area contributed by atoms with Gasteiger partial charge >= 0.3 is 0 Å². The Kier molecular flexibility index (Phi) is 4.04. The number of carbonyl (C=O) groups is 2. The molecule has 0 aromatic heterocycles. The van der Waals surface area contributed by atoms with Gasteiger partial charge in [0.1, 0.15) is 0 Å². The summed E-state index contributed by atoms with van der Waals surface area (Å²) in [4.78, 5) is 25.8. The number of halogens is 1. The molecule has 1 aliphatic heterocycles. The molecule has 2 amide bonds. The van der Waals surface area contributed by atoms with Gasteiger partial charge in [-0.3, -0.25) is 9.59 Å². The van der Waals surface area contributed by atoms with Crippen molar-refractivity contribution < 1.29 is 9.59 Å². The number of carbonyl (C=O) groups excluding carboxylic acids is 2. The fourth-order valence-electron chi connectivity index (χ4n) is 2.32. The highest BCUT2D eigenvalue weighted by Crippen LogP contribution is 2.22. The Bertz CT molecular complexity index is 520. The average molecular weight is 295 g/mol. The van der Waals surface area contributed by atoms with Crippen molar-refractivity contribution >= 4 is 23.4 Å². The second-order valence-electron chi connectivity index (χ2n) is 6.06. The van der Waals surface area contributed by atoms with E-state index in [0.717, 1.165) is 0 Å². The highest BCUT2D eigenvalue weighted by molar-refractivity contribution is 6.30. The van der Waals surface area contributed by atoms with Crippen LogP contribution in [0.5, 0.6) is 0 Å². The van der Waals surface area contributed by atoms with Gasteiger partial charge in [-0.05, 0) is 45.0 Å². The predicted molar refractivity (Wildman–Crippen MR) is 78.8 cm³/mol. The molecule has 0 aliphatic carbocycles. The molecule has 1 aromatic rings. The highest BCUT2D eigenvalue weighted by Gasteiger charge is 2.36. The maximum Gasteiger partial charge on any atom is 0.251 e. The third-order valence-corrected chi connectivity index (χ3v) is 3.63. The summed E-state index contributed by atoms with van der Waals surface area (Å²) in [6.07, 6.45) is 0.358. The summed E-state index contributed by atoms with van der Waals surface area (Å²) in [5.41, 5.74) is 0.340. The van der Waals surface area contributed by atoms with Crippen LogP contribution in [0.4, 0.5) is 0 Å². The monoisotopic (exact) mass is 294 g/mol. The van der Waals surface area contributed by atoms with E-state index in [9.17, 15) is 9.59 Å². The van der Waals surface area contributed by atoms with E-state index in [1.165, 1.54) is 0 Å². The topological polar surface area (TPSA) is 49.4 Å². The van der Waals surface area contributed by atoms with Crippen LogP contribution in [-0.4, -0.2) is 34.8 Å². The maximum atomic E-state index is 12.1. The maximum absolute atomic E-state index is 12.1. The van der Waals surface area contributed by atoms with Gasteiger partial charge in [-0.25, -0.2) is 0 Å². The van der Waals surface area contributed by atoms with Gasteiger partial charge in [0.25, 0.3) is 5.91 Å². The summed E-state index contributed by atoms with van der Waals surface area (Å²) < 4.78 is 0. The number of nitrogens with zero attached hydrogens (tertiary/aromatic N) is 1. The van der Waals surface area contributed by atoms with Crippen molar-refractivity contribution in [3.05, 3.63) is 34.9 Å². The van der Waals surface area contributed by atoms with Crippen molar-refractivity contribution in [2.45, 2.75) is 38.8 Å². The molecular weight excluding hydrogens is 276 g/mol. The van der Waals surface area contributed by atoms with E-state index in [1.807, 2.05) is 20.8 Å². The smallest absolute Gasteiger partial charge is 0.251 e. The van der Waals surface area contributed by atoms with E-state index >= 15 is 0 Å². The molecule has 1 aliphatic rings. The minimum Gasteiger partial charge on any atom is -0.347 e. The molecule has 1 fully saturated rings. The van der Waals surface area contributed by atoms with Crippen LogP contribution in [0.2, 0.25) is 5.02 Å². The molecule has 1 aromatic carbocycles. The van der Waals surface area contributed by atoms with Gasteiger partial charge in [0.2, 0.25) is 5.91 Å². The Morgan fingerprint density at radius 1 is 1.30 bits per heavy atom. The Labute approximate surface area is 124 Å². The largest absolute Gasteiger partial charge is 0.347 e. The first-order valence-electron chi connectivity index (χ1n) is 6.64. The lowest BCUT2D eigenvalue weighted by Gasteiger charge is -2.32. The molecule has 0 spiro atoms. The fourth-order valence-corrected chi connectivity index (χ4v) is 2.45. The molecular formula is C15H19ClN2O2. The molecule has 1 saturated heterocycles. The van der Waals surface area contributed by atoms with Crippen molar-refractivity contribution in [3.8, 4) is 0 Å². The molecule has 0 saturated carbocycles. The van der Waals surface area contributed by atoms with Gasteiger partial charge in [-0.15, -0.1) is 0 Å². The summed E-state index contributed by atoms with van der Waals surface area (Å²) >= 11 is 5.79. The Hall–Kier alpha value is -1.55. The predicted octanol–water partition coefficient (Wildman–Crippen LogP) is 2.47. The first-order valence-corrected chi connectivity index (χ1v) is 7.02. The van der Waals surface area contributed by atoms with E-state index in [0.29, 0.717) is 23.6 Å². The zero-order chi connectivity index (χ0) is 14.9. The molecule has 1 N–H and O–H groups in total. The number of rotatable bonds is 2. The second-order valence-corrected chi connectivity index (χ2v) is 6.49. The van der Waals surface area contributed by atoms with E-state index in [-0.39, 0.29) is 23.4 Å². The third-order valence-electron chi connectivity index (χ3n) is 3.38. The fraction of sp³-hybridized carbons (Fsp3) is 0.467. The number of amides is 2. The molecule has 5 heteroatoms. The molecule has 2 rings (SSSR count). The molecule has 20 heavy (non-hydrogen) atoms. The summed E-state index contributed by atoms with van der Waals surface area (Å²) in [7, 11) is 0. The van der Waals surface area contributed by atoms with Gasteiger partial charge in [-0.2, -0.15) is 0 Å². The average Bonchev–Trinajstić information content (AvgIpc) is 2.70. The lowest BCUT2D eigenvalue weighted by Crippen LogP contribution is -2.44. The second kappa shape index (κ2) is 5.44. The van der Waals surface area contributed by atoms with Crippen LogP contribution in [-0.2, 0) is 4.79 Å². The molecule has 108 valence electrons. The summed E-state index contributed by atoms with van der Waals surface area (Å²) in [6, 6.07) is 6.58. The number of likely N-dealkylation sites (tertiary alicyclic amines) is 1. The van der Waals surface area contributed by atoms with Gasteiger partial charge < -0.3 is 10.2 Å². The molecule has 0 bridgehead atoms. The van der Waals surface area contributed by atoms with Crippen molar-refractivity contribution in [3.63, 3.8) is 0 Å². The molecule has 1 unspecified atom stereocenters. The van der Waals surface area contributed by atoms with Crippen LogP contribution < -0.4 is 5.32 Å². The van der Waals surface area contributed by atoms with E-state index < -0.39 is 0 Å². The van der Waals surface area contributed by atoms with Crippen LogP contribution in [0.1, 0.15) is 37.6 Å². The first kappa shape index (κ1) is 14.9. The lowest BCUT2D eigenvalue weighted by atomic mass is 10.1. The Morgan fingerprint density at radius 3 is 2.40 bits per heavy atom. The minimum absolute atomic E-state index is 0.0823. The zero-order valence-corrected chi connectivity index (χ0v) is 12.7. The highest BCUT2D eigenvalue weighted by atomic mass is 35.5. The van der Waals surface area contributed by atoms with Crippen LogP contribution >= 0.6 is 11.6 Å². The van der Waals surface area contributed by atoms with Gasteiger partial charge in [0.05, 0.1) is 6.04 Å². The normalized spacial score (nSPS) is 19.3. The van der Waals surface area contributed by atoms with Crippen LogP contribution in [0, 0.1) is 0 Å². The van der Waals surface area contributed by atoms with Gasteiger partial charge in [0.15, 0.2) is 0 Å². The van der Waals surface area contributed by atoms with E-state index in [1.54, 1.807) is 29.2 Å². The van der Waals surface area contributed by atoms with Crippen LogP contribution in [0.15, 0.2) is 24.3 Å². The Balaban J connectivity index is 2.00. The molecule has 0 radical (unpaired) electrons. The number of benzene rings is 1. The standard InChI is InChI=1S/C15H19ClN2O2/c1-15(2,3)18-9-12(8-13(18)19)17-14(20)10-4-6-11(16)7-5-10/h4-7,12H,8-9H2,1-3H3,(H,17,20). The van der Waals surface area contributed by atoms with Crippen molar-refractivity contribution in [2.24, 2.45) is 0 Å². The number of hydrogen-bond donors (Lipinski definition) is 1. The third kappa shape index (κ3) is 3.31. The quantitative estimate of drug-likeness (QED) is 0.911. The number of nitrogens with one attached hydrogen (secondary N) is 1. The molecule has 1 heterocycles. The van der Waals surface area contributed by atoms with Crippen molar-refractivity contribution in [1.29, 1.82) is 0 Å². The summed E-state index contributed by atoms with van der Waals surface area (Å²) in [5.74, 6) is -0.0888. The van der Waals surface area contributed by atoms with Crippen molar-refractivity contribution in [2.75, 3.05) is 6.54 Å². The molecule has 4 nitrogen and oxygen atoms in total.